The molecule has 0 bridgehead atoms. The van der Waals surface area contributed by atoms with Gasteiger partial charge in [0, 0.05) is 18.3 Å². The van der Waals surface area contributed by atoms with Crippen LogP contribution >= 0.6 is 0 Å². The molecule has 0 radical (unpaired) electrons. The number of anilines is 2. The topological polar surface area (TPSA) is 49.4 Å². The first-order chi connectivity index (χ1) is 10.2. The average Bonchev–Trinajstić information content (AvgIpc) is 2.46. The molecule has 0 spiro atoms. The molecule has 0 atom stereocenters. The van der Waals surface area contributed by atoms with E-state index < -0.39 is 10.0 Å². The Morgan fingerprint density at radius 3 is 2.18 bits per heavy atom. The van der Waals surface area contributed by atoms with E-state index in [0.717, 1.165) is 5.69 Å². The fourth-order valence-corrected chi connectivity index (χ4v) is 3.05. The van der Waals surface area contributed by atoms with Crippen LogP contribution in [0.25, 0.3) is 0 Å². The molecule has 0 saturated carbocycles. The molecule has 0 heterocycles. The molecule has 22 heavy (non-hydrogen) atoms. The van der Waals surface area contributed by atoms with Crippen LogP contribution in [0.3, 0.4) is 0 Å². The lowest BCUT2D eigenvalue weighted by molar-refractivity contribution is 0.539. The molecule has 0 aliphatic rings. The van der Waals surface area contributed by atoms with Crippen molar-refractivity contribution in [3.63, 3.8) is 0 Å². The van der Waals surface area contributed by atoms with E-state index in [0.29, 0.717) is 5.69 Å². The van der Waals surface area contributed by atoms with E-state index in [9.17, 15) is 8.42 Å². The number of rotatable bonds is 4. The van der Waals surface area contributed by atoms with Crippen LogP contribution in [0, 0.1) is 0 Å². The summed E-state index contributed by atoms with van der Waals surface area (Å²) in [4.78, 5) is 2.36. The lowest BCUT2D eigenvalue weighted by atomic mass is 10.1. The van der Waals surface area contributed by atoms with Gasteiger partial charge in [0.2, 0.25) is 0 Å². The van der Waals surface area contributed by atoms with Crippen molar-refractivity contribution in [3.05, 3.63) is 54.6 Å². The quantitative estimate of drug-likeness (QED) is 0.934. The Bertz CT molecular complexity index is 735. The Morgan fingerprint density at radius 2 is 1.59 bits per heavy atom. The summed E-state index contributed by atoms with van der Waals surface area (Å²) in [5, 5.41) is 0. The number of nitrogens with zero attached hydrogens (tertiary/aromatic N) is 1. The molecule has 0 saturated heterocycles. The van der Waals surface area contributed by atoms with Crippen LogP contribution in [0.1, 0.15) is 20.8 Å². The summed E-state index contributed by atoms with van der Waals surface area (Å²) >= 11 is 0. The van der Waals surface area contributed by atoms with Crippen molar-refractivity contribution >= 4 is 21.4 Å². The molecule has 5 heteroatoms. The Balaban J connectivity index is 2.28. The Morgan fingerprint density at radius 1 is 0.955 bits per heavy atom. The fraction of sp³-hybridized carbons (Fsp3) is 0.294. The Labute approximate surface area is 132 Å². The van der Waals surface area contributed by atoms with Crippen molar-refractivity contribution in [1.82, 2.24) is 0 Å². The van der Waals surface area contributed by atoms with Crippen molar-refractivity contribution in [2.75, 3.05) is 16.7 Å². The summed E-state index contributed by atoms with van der Waals surface area (Å²) in [7, 11) is -1.57. The molecule has 2 aromatic rings. The maximum Gasteiger partial charge on any atom is 0.261 e. The van der Waals surface area contributed by atoms with E-state index in [2.05, 4.69) is 30.4 Å². The zero-order valence-corrected chi connectivity index (χ0v) is 14.2. The van der Waals surface area contributed by atoms with Gasteiger partial charge in [-0.05, 0) is 51.1 Å². The second kappa shape index (κ2) is 6.01. The van der Waals surface area contributed by atoms with Crippen molar-refractivity contribution in [2.45, 2.75) is 31.2 Å². The van der Waals surface area contributed by atoms with Crippen LogP contribution in [-0.4, -0.2) is 21.0 Å². The summed E-state index contributed by atoms with van der Waals surface area (Å²) in [5.74, 6) is 0. The van der Waals surface area contributed by atoms with Gasteiger partial charge in [0.1, 0.15) is 0 Å². The van der Waals surface area contributed by atoms with Crippen LogP contribution < -0.4 is 9.62 Å². The lowest BCUT2D eigenvalue weighted by Crippen LogP contribution is -2.38. The molecule has 0 unspecified atom stereocenters. The SMILES string of the molecule is CN(c1cccc(NS(=O)(=O)c2ccccc2)c1)C(C)(C)C. The number of sulfonamides is 1. The molecule has 0 aliphatic carbocycles. The van der Waals surface area contributed by atoms with Gasteiger partial charge >= 0.3 is 0 Å². The summed E-state index contributed by atoms with van der Waals surface area (Å²) in [6.07, 6.45) is 0. The third-order valence-corrected chi connectivity index (χ3v) is 4.94. The van der Waals surface area contributed by atoms with Gasteiger partial charge in [-0.25, -0.2) is 8.42 Å². The van der Waals surface area contributed by atoms with Gasteiger partial charge in [0.05, 0.1) is 10.6 Å². The zero-order valence-electron chi connectivity index (χ0n) is 13.4. The highest BCUT2D eigenvalue weighted by Gasteiger charge is 2.18. The van der Waals surface area contributed by atoms with Crippen molar-refractivity contribution in [1.29, 1.82) is 0 Å². The molecular weight excluding hydrogens is 296 g/mol. The summed E-state index contributed by atoms with van der Waals surface area (Å²) in [6.45, 7) is 6.31. The summed E-state index contributed by atoms with van der Waals surface area (Å²) in [6, 6.07) is 15.8. The van der Waals surface area contributed by atoms with Crippen molar-refractivity contribution < 1.29 is 8.42 Å². The largest absolute Gasteiger partial charge is 0.370 e. The van der Waals surface area contributed by atoms with Crippen LogP contribution in [0.15, 0.2) is 59.5 Å². The van der Waals surface area contributed by atoms with Crippen LogP contribution in [-0.2, 0) is 10.0 Å². The molecule has 2 aromatic carbocycles. The third-order valence-electron chi connectivity index (χ3n) is 3.55. The minimum Gasteiger partial charge on any atom is -0.370 e. The van der Waals surface area contributed by atoms with Gasteiger partial charge in [-0.2, -0.15) is 0 Å². The smallest absolute Gasteiger partial charge is 0.261 e. The first-order valence-corrected chi connectivity index (χ1v) is 8.60. The Kier molecular flexibility index (Phi) is 4.47. The van der Waals surface area contributed by atoms with Crippen LogP contribution in [0.2, 0.25) is 0 Å². The van der Waals surface area contributed by atoms with E-state index in [1.807, 2.05) is 25.2 Å². The van der Waals surface area contributed by atoms with Gasteiger partial charge in [-0.1, -0.05) is 24.3 Å². The van der Waals surface area contributed by atoms with Crippen LogP contribution in [0.4, 0.5) is 11.4 Å². The highest BCUT2D eigenvalue weighted by atomic mass is 32.2. The highest BCUT2D eigenvalue weighted by Crippen LogP contribution is 2.25. The first kappa shape index (κ1) is 16.4. The van der Waals surface area contributed by atoms with Crippen molar-refractivity contribution in [2.24, 2.45) is 0 Å². The van der Waals surface area contributed by atoms with E-state index in [1.165, 1.54) is 0 Å². The van der Waals surface area contributed by atoms with E-state index in [4.69, 9.17) is 0 Å². The minimum atomic E-state index is -3.56. The summed E-state index contributed by atoms with van der Waals surface area (Å²) < 4.78 is 27.3. The predicted molar refractivity (Wildman–Crippen MR) is 91.8 cm³/mol. The maximum atomic E-state index is 12.4. The van der Waals surface area contributed by atoms with E-state index in [1.54, 1.807) is 36.4 Å². The molecule has 0 fully saturated rings. The average molecular weight is 318 g/mol. The fourth-order valence-electron chi connectivity index (χ4n) is 1.98. The maximum absolute atomic E-state index is 12.4. The van der Waals surface area contributed by atoms with Crippen molar-refractivity contribution in [3.8, 4) is 0 Å². The van der Waals surface area contributed by atoms with Gasteiger partial charge in [-0.3, -0.25) is 4.72 Å². The third kappa shape index (κ3) is 3.80. The normalized spacial score (nSPS) is 12.0. The summed E-state index contributed by atoms with van der Waals surface area (Å²) in [5.41, 5.74) is 1.47. The molecule has 0 aliphatic heterocycles. The van der Waals surface area contributed by atoms with Gasteiger partial charge < -0.3 is 4.90 Å². The van der Waals surface area contributed by atoms with E-state index >= 15 is 0 Å². The highest BCUT2D eigenvalue weighted by molar-refractivity contribution is 7.92. The molecule has 118 valence electrons. The molecular formula is C17H22N2O2S. The molecule has 1 N–H and O–H groups in total. The predicted octanol–water partition coefficient (Wildman–Crippen LogP) is 3.72. The van der Waals surface area contributed by atoms with Gasteiger partial charge in [0.25, 0.3) is 10.0 Å². The number of nitrogens with one attached hydrogen (secondary N) is 1. The molecule has 0 amide bonds. The number of hydrogen-bond acceptors (Lipinski definition) is 3. The second-order valence-electron chi connectivity index (χ2n) is 6.20. The lowest BCUT2D eigenvalue weighted by Gasteiger charge is -2.34. The van der Waals surface area contributed by atoms with Gasteiger partial charge in [-0.15, -0.1) is 0 Å². The minimum absolute atomic E-state index is 0.0447. The van der Waals surface area contributed by atoms with Crippen LogP contribution in [0.5, 0.6) is 0 Å². The number of benzene rings is 2. The standard InChI is InChI=1S/C17H22N2O2S/c1-17(2,3)19(4)15-10-8-9-14(13-15)18-22(20,21)16-11-6-5-7-12-16/h5-13,18H,1-4H3. The van der Waals surface area contributed by atoms with E-state index in [-0.39, 0.29) is 10.4 Å². The van der Waals surface area contributed by atoms with Gasteiger partial charge in [0.15, 0.2) is 0 Å². The second-order valence-corrected chi connectivity index (χ2v) is 7.88. The molecule has 0 aromatic heterocycles. The number of hydrogen-bond donors (Lipinski definition) is 1. The first-order valence-electron chi connectivity index (χ1n) is 7.12. The Hall–Kier alpha value is -2.01. The zero-order chi connectivity index (χ0) is 16.4. The monoisotopic (exact) mass is 318 g/mol. The molecule has 4 nitrogen and oxygen atoms in total. The molecule has 2 rings (SSSR count).